The van der Waals surface area contributed by atoms with Crippen LogP contribution in [-0.2, 0) is 14.8 Å². The molecule has 0 aromatic heterocycles. The fraction of sp³-hybridized carbons (Fsp3) is 0.409. The molecule has 0 N–H and O–H groups in total. The van der Waals surface area contributed by atoms with E-state index in [-0.39, 0.29) is 18.4 Å². The van der Waals surface area contributed by atoms with Gasteiger partial charge in [0.05, 0.1) is 23.0 Å². The van der Waals surface area contributed by atoms with Gasteiger partial charge in [-0.1, -0.05) is 24.3 Å². The topological polar surface area (TPSA) is 66.9 Å². The SMILES string of the molecule is Cc1ccc(C)c(S(=O)(=O)N2CCCC(C(=O)N3CCOc4ccccc43)C2)c1. The maximum Gasteiger partial charge on any atom is 0.243 e. The molecule has 154 valence electrons. The van der Waals surface area contributed by atoms with Gasteiger partial charge in [-0.3, -0.25) is 4.79 Å². The number of hydrogen-bond acceptors (Lipinski definition) is 4. The summed E-state index contributed by atoms with van der Waals surface area (Å²) in [6.07, 6.45) is 1.36. The van der Waals surface area contributed by atoms with E-state index < -0.39 is 10.0 Å². The zero-order chi connectivity index (χ0) is 20.6. The number of aryl methyl sites for hydroxylation is 2. The molecule has 0 spiro atoms. The Morgan fingerprint density at radius 3 is 2.72 bits per heavy atom. The maximum atomic E-state index is 13.3. The Labute approximate surface area is 172 Å². The van der Waals surface area contributed by atoms with Gasteiger partial charge >= 0.3 is 0 Å². The van der Waals surface area contributed by atoms with Crippen molar-refractivity contribution in [2.75, 3.05) is 31.1 Å². The first-order chi connectivity index (χ1) is 13.9. The Kier molecular flexibility index (Phi) is 5.36. The molecule has 0 saturated carbocycles. The van der Waals surface area contributed by atoms with Crippen LogP contribution in [0, 0.1) is 19.8 Å². The molecule has 2 aromatic carbocycles. The Morgan fingerprint density at radius 1 is 1.10 bits per heavy atom. The lowest BCUT2D eigenvalue weighted by molar-refractivity contribution is -0.123. The average molecular weight is 415 g/mol. The van der Waals surface area contributed by atoms with Crippen LogP contribution in [0.15, 0.2) is 47.4 Å². The smallest absolute Gasteiger partial charge is 0.243 e. The maximum absolute atomic E-state index is 13.3. The molecule has 2 heterocycles. The molecule has 0 radical (unpaired) electrons. The van der Waals surface area contributed by atoms with Gasteiger partial charge in [-0.25, -0.2) is 8.42 Å². The van der Waals surface area contributed by atoms with Crippen molar-refractivity contribution >= 4 is 21.6 Å². The number of hydrogen-bond donors (Lipinski definition) is 0. The molecular weight excluding hydrogens is 388 g/mol. The van der Waals surface area contributed by atoms with Crippen LogP contribution in [0.2, 0.25) is 0 Å². The standard InChI is InChI=1S/C22H26N2O4S/c1-16-9-10-17(2)21(14-16)29(26,27)23-11-5-6-18(15-23)22(25)24-12-13-28-20-8-4-3-7-19(20)24/h3-4,7-10,14,18H,5-6,11-13,15H2,1-2H3. The van der Waals surface area contributed by atoms with Gasteiger partial charge in [0.25, 0.3) is 0 Å². The van der Waals surface area contributed by atoms with E-state index in [1.807, 2.05) is 50.2 Å². The highest BCUT2D eigenvalue weighted by atomic mass is 32.2. The van der Waals surface area contributed by atoms with E-state index in [1.165, 1.54) is 4.31 Å². The Morgan fingerprint density at radius 2 is 1.90 bits per heavy atom. The third kappa shape index (κ3) is 3.76. The molecule has 2 aliphatic heterocycles. The molecule has 1 fully saturated rings. The summed E-state index contributed by atoms with van der Waals surface area (Å²) in [5.74, 6) is 0.319. The van der Waals surface area contributed by atoms with E-state index in [2.05, 4.69) is 0 Å². The summed E-state index contributed by atoms with van der Waals surface area (Å²) in [6, 6.07) is 12.9. The van der Waals surface area contributed by atoms with Gasteiger partial charge in [0.2, 0.25) is 15.9 Å². The van der Waals surface area contributed by atoms with Gasteiger partial charge < -0.3 is 9.64 Å². The molecule has 1 atom stereocenters. The van der Waals surface area contributed by atoms with Gasteiger partial charge in [0, 0.05) is 13.1 Å². The molecule has 2 aromatic rings. The van der Waals surface area contributed by atoms with E-state index in [9.17, 15) is 13.2 Å². The van der Waals surface area contributed by atoms with E-state index >= 15 is 0 Å². The van der Waals surface area contributed by atoms with Crippen LogP contribution < -0.4 is 9.64 Å². The van der Waals surface area contributed by atoms with Crippen molar-refractivity contribution in [3.05, 3.63) is 53.6 Å². The second-order valence-corrected chi connectivity index (χ2v) is 9.68. The van der Waals surface area contributed by atoms with Crippen molar-refractivity contribution in [1.29, 1.82) is 0 Å². The van der Waals surface area contributed by atoms with E-state index in [1.54, 1.807) is 11.0 Å². The highest BCUT2D eigenvalue weighted by molar-refractivity contribution is 7.89. The number of rotatable bonds is 3. The quantitative estimate of drug-likeness (QED) is 0.774. The van der Waals surface area contributed by atoms with Crippen LogP contribution in [0.4, 0.5) is 5.69 Å². The lowest BCUT2D eigenvalue weighted by atomic mass is 9.97. The fourth-order valence-corrected chi connectivity index (χ4v) is 5.94. The minimum absolute atomic E-state index is 0.0263. The molecule has 1 saturated heterocycles. The Hall–Kier alpha value is -2.38. The number of ether oxygens (including phenoxy) is 1. The fourth-order valence-electron chi connectivity index (χ4n) is 4.11. The number of fused-ring (bicyclic) bond motifs is 1. The minimum Gasteiger partial charge on any atom is -0.490 e. The van der Waals surface area contributed by atoms with Gasteiger partial charge in [0.15, 0.2) is 0 Å². The van der Waals surface area contributed by atoms with Crippen LogP contribution >= 0.6 is 0 Å². The normalized spacial score (nSPS) is 20.1. The number of carbonyl (C=O) groups excluding carboxylic acids is 1. The Balaban J connectivity index is 1.57. The van der Waals surface area contributed by atoms with Crippen LogP contribution in [0.25, 0.3) is 0 Å². The lowest BCUT2D eigenvalue weighted by Crippen LogP contribution is -2.48. The molecule has 7 heteroatoms. The lowest BCUT2D eigenvalue weighted by Gasteiger charge is -2.36. The first kappa shape index (κ1) is 19.9. The third-order valence-corrected chi connectivity index (χ3v) is 7.70. The van der Waals surface area contributed by atoms with Gasteiger partial charge in [-0.15, -0.1) is 0 Å². The summed E-state index contributed by atoms with van der Waals surface area (Å²) < 4.78 is 33.7. The van der Waals surface area contributed by atoms with Crippen molar-refractivity contribution in [3.8, 4) is 5.75 Å². The molecule has 6 nitrogen and oxygen atoms in total. The van der Waals surface area contributed by atoms with Gasteiger partial charge in [-0.05, 0) is 56.0 Å². The van der Waals surface area contributed by atoms with Crippen molar-refractivity contribution < 1.29 is 17.9 Å². The highest BCUT2D eigenvalue weighted by Gasteiger charge is 2.37. The molecular formula is C22H26N2O4S. The molecule has 0 bridgehead atoms. The average Bonchev–Trinajstić information content (AvgIpc) is 2.74. The summed E-state index contributed by atoms with van der Waals surface area (Å²) in [5.41, 5.74) is 2.40. The van der Waals surface area contributed by atoms with Crippen molar-refractivity contribution in [3.63, 3.8) is 0 Å². The largest absolute Gasteiger partial charge is 0.490 e. The first-order valence-electron chi connectivity index (χ1n) is 9.98. The summed E-state index contributed by atoms with van der Waals surface area (Å²) in [5, 5.41) is 0. The molecule has 29 heavy (non-hydrogen) atoms. The van der Waals surface area contributed by atoms with E-state index in [4.69, 9.17) is 4.74 Å². The predicted molar refractivity (Wildman–Crippen MR) is 112 cm³/mol. The molecule has 2 aliphatic rings. The summed E-state index contributed by atoms with van der Waals surface area (Å²) >= 11 is 0. The molecule has 1 unspecified atom stereocenters. The molecule has 1 amide bonds. The first-order valence-corrected chi connectivity index (χ1v) is 11.4. The van der Waals surface area contributed by atoms with Crippen LogP contribution in [0.5, 0.6) is 5.75 Å². The Bertz CT molecular complexity index is 1030. The third-order valence-electron chi connectivity index (χ3n) is 5.69. The number of sulfonamides is 1. The number of benzene rings is 2. The van der Waals surface area contributed by atoms with Gasteiger partial charge in [0.1, 0.15) is 12.4 Å². The van der Waals surface area contributed by atoms with Crippen LogP contribution in [-0.4, -0.2) is 44.9 Å². The number of piperidine rings is 1. The molecule has 0 aliphatic carbocycles. The summed E-state index contributed by atoms with van der Waals surface area (Å²) in [7, 11) is -3.63. The molecule has 4 rings (SSSR count). The number of nitrogens with zero attached hydrogens (tertiary/aromatic N) is 2. The number of amides is 1. The monoisotopic (exact) mass is 414 g/mol. The predicted octanol–water partition coefficient (Wildman–Crippen LogP) is 3.13. The second kappa shape index (κ2) is 7.80. The highest BCUT2D eigenvalue weighted by Crippen LogP contribution is 2.34. The number of carbonyl (C=O) groups is 1. The zero-order valence-electron chi connectivity index (χ0n) is 16.8. The minimum atomic E-state index is -3.63. The van der Waals surface area contributed by atoms with E-state index in [0.29, 0.717) is 43.2 Å². The van der Waals surface area contributed by atoms with Crippen LogP contribution in [0.3, 0.4) is 0 Å². The number of para-hydroxylation sites is 2. The van der Waals surface area contributed by atoms with E-state index in [0.717, 1.165) is 16.8 Å². The van der Waals surface area contributed by atoms with Crippen molar-refractivity contribution in [1.82, 2.24) is 4.31 Å². The number of anilines is 1. The summed E-state index contributed by atoms with van der Waals surface area (Å²) in [4.78, 5) is 15.4. The van der Waals surface area contributed by atoms with Gasteiger partial charge in [-0.2, -0.15) is 4.31 Å². The van der Waals surface area contributed by atoms with Crippen LogP contribution in [0.1, 0.15) is 24.0 Å². The zero-order valence-corrected chi connectivity index (χ0v) is 17.6. The van der Waals surface area contributed by atoms with Crippen molar-refractivity contribution in [2.45, 2.75) is 31.6 Å². The summed E-state index contributed by atoms with van der Waals surface area (Å²) in [6.45, 7) is 5.28. The second-order valence-electron chi connectivity index (χ2n) is 7.78. The van der Waals surface area contributed by atoms with Crippen molar-refractivity contribution in [2.24, 2.45) is 5.92 Å².